The summed E-state index contributed by atoms with van der Waals surface area (Å²) in [5.41, 5.74) is 1.25. The highest BCUT2D eigenvalue weighted by Gasteiger charge is 2.15. The fourth-order valence-corrected chi connectivity index (χ4v) is 3.96. The van der Waals surface area contributed by atoms with E-state index in [1.54, 1.807) is 24.3 Å². The average Bonchev–Trinajstić information content (AvgIpc) is 2.87. The van der Waals surface area contributed by atoms with Crippen LogP contribution >= 0.6 is 22.7 Å². The highest BCUT2D eigenvalue weighted by Crippen LogP contribution is 2.31. The first-order chi connectivity index (χ1) is 8.65. The predicted molar refractivity (Wildman–Crippen MR) is 74.3 cm³/mol. The van der Waals surface area contributed by atoms with Gasteiger partial charge in [-0.25, -0.2) is 4.39 Å². The maximum Gasteiger partial charge on any atom is 0.203 e. The molecule has 18 heavy (non-hydrogen) atoms. The van der Waals surface area contributed by atoms with E-state index in [4.69, 9.17) is 0 Å². The van der Waals surface area contributed by atoms with Crippen LogP contribution in [0.2, 0.25) is 0 Å². The van der Waals surface area contributed by atoms with E-state index < -0.39 is 0 Å². The molecule has 0 saturated carbocycles. The molecule has 0 saturated heterocycles. The molecule has 1 aromatic carbocycles. The van der Waals surface area contributed by atoms with Crippen LogP contribution in [-0.4, -0.2) is 5.78 Å². The summed E-state index contributed by atoms with van der Waals surface area (Å²) in [7, 11) is 0. The second kappa shape index (κ2) is 4.30. The summed E-state index contributed by atoms with van der Waals surface area (Å²) < 4.78 is 15.3. The highest BCUT2D eigenvalue weighted by atomic mass is 32.1. The molecule has 0 aliphatic heterocycles. The van der Waals surface area contributed by atoms with Crippen LogP contribution in [0.15, 0.2) is 35.7 Å². The number of aryl methyl sites for hydroxylation is 1. The van der Waals surface area contributed by atoms with Crippen molar-refractivity contribution in [3.63, 3.8) is 0 Å². The number of hydrogen-bond donors (Lipinski definition) is 0. The molecule has 0 amide bonds. The molecule has 0 spiro atoms. The number of benzene rings is 1. The Morgan fingerprint density at radius 1 is 1.17 bits per heavy atom. The van der Waals surface area contributed by atoms with Crippen molar-refractivity contribution in [2.75, 3.05) is 0 Å². The lowest BCUT2D eigenvalue weighted by atomic mass is 10.0. The molecule has 0 N–H and O–H groups in total. The number of ketones is 1. The first-order valence-electron chi connectivity index (χ1n) is 5.43. The number of rotatable bonds is 2. The van der Waals surface area contributed by atoms with Crippen molar-refractivity contribution in [1.82, 2.24) is 0 Å². The van der Waals surface area contributed by atoms with Gasteiger partial charge in [-0.15, -0.1) is 22.7 Å². The third-order valence-electron chi connectivity index (χ3n) is 2.80. The summed E-state index contributed by atoms with van der Waals surface area (Å²) in [5.74, 6) is -0.336. The molecule has 0 aliphatic carbocycles. The fourth-order valence-electron chi connectivity index (χ4n) is 1.89. The lowest BCUT2D eigenvalue weighted by molar-refractivity contribution is 0.104. The Kier molecular flexibility index (Phi) is 2.76. The molecular formula is C14H9FOS2. The van der Waals surface area contributed by atoms with Gasteiger partial charge in [0.2, 0.25) is 5.78 Å². The monoisotopic (exact) mass is 276 g/mol. The topological polar surface area (TPSA) is 17.1 Å². The Bertz CT molecular complexity index is 711. The van der Waals surface area contributed by atoms with Gasteiger partial charge in [-0.1, -0.05) is 0 Å². The Hall–Kier alpha value is -1.52. The second-order valence-corrected chi connectivity index (χ2v) is 6.08. The van der Waals surface area contributed by atoms with Gasteiger partial charge in [-0.2, -0.15) is 0 Å². The zero-order valence-corrected chi connectivity index (χ0v) is 11.2. The molecule has 2 heterocycles. The largest absolute Gasteiger partial charge is 0.288 e. The SMILES string of the molecule is Cc1cc(F)ccc1C(=O)c1cc2sccc2s1. The number of carbonyl (C=O) groups is 1. The minimum atomic E-state index is -0.309. The van der Waals surface area contributed by atoms with Gasteiger partial charge in [0.05, 0.1) is 4.88 Å². The molecule has 0 radical (unpaired) electrons. The van der Waals surface area contributed by atoms with Gasteiger partial charge in [0.25, 0.3) is 0 Å². The summed E-state index contributed by atoms with van der Waals surface area (Å²) in [6, 6.07) is 8.20. The fraction of sp³-hybridized carbons (Fsp3) is 0.0714. The number of halogens is 1. The number of fused-ring (bicyclic) bond motifs is 1. The number of carbonyl (C=O) groups excluding carboxylic acids is 1. The van der Waals surface area contributed by atoms with E-state index in [1.807, 2.05) is 17.5 Å². The van der Waals surface area contributed by atoms with Crippen molar-refractivity contribution in [2.45, 2.75) is 6.92 Å². The van der Waals surface area contributed by atoms with Crippen molar-refractivity contribution >= 4 is 37.9 Å². The molecule has 1 nitrogen and oxygen atoms in total. The van der Waals surface area contributed by atoms with Gasteiger partial charge in [0.15, 0.2) is 0 Å². The highest BCUT2D eigenvalue weighted by molar-refractivity contribution is 7.28. The van der Waals surface area contributed by atoms with Gasteiger partial charge < -0.3 is 0 Å². The summed E-state index contributed by atoms with van der Waals surface area (Å²) in [5, 5.41) is 2.01. The van der Waals surface area contributed by atoms with Crippen LogP contribution in [0.1, 0.15) is 20.8 Å². The molecule has 0 aliphatic rings. The lowest BCUT2D eigenvalue weighted by Crippen LogP contribution is -2.01. The minimum absolute atomic E-state index is 0.0269. The normalized spacial score (nSPS) is 11.0. The lowest BCUT2D eigenvalue weighted by Gasteiger charge is -2.02. The van der Waals surface area contributed by atoms with E-state index in [9.17, 15) is 9.18 Å². The van der Waals surface area contributed by atoms with Crippen LogP contribution in [0.3, 0.4) is 0 Å². The maximum atomic E-state index is 13.0. The van der Waals surface area contributed by atoms with Gasteiger partial charge in [-0.05, 0) is 48.2 Å². The zero-order valence-electron chi connectivity index (χ0n) is 9.57. The minimum Gasteiger partial charge on any atom is -0.288 e. The molecule has 3 rings (SSSR count). The molecule has 90 valence electrons. The first-order valence-corrected chi connectivity index (χ1v) is 7.12. The van der Waals surface area contributed by atoms with Crippen LogP contribution in [0, 0.1) is 12.7 Å². The quantitative estimate of drug-likeness (QED) is 0.623. The van der Waals surface area contributed by atoms with Crippen molar-refractivity contribution in [3.05, 3.63) is 57.5 Å². The smallest absolute Gasteiger partial charge is 0.203 e. The van der Waals surface area contributed by atoms with Crippen LogP contribution in [0.4, 0.5) is 4.39 Å². The zero-order chi connectivity index (χ0) is 12.7. The molecule has 0 unspecified atom stereocenters. The van der Waals surface area contributed by atoms with Crippen molar-refractivity contribution in [2.24, 2.45) is 0 Å². The molecule has 4 heteroatoms. The molecule has 0 bridgehead atoms. The molecule has 0 fully saturated rings. The Labute approximate surface area is 112 Å². The van der Waals surface area contributed by atoms with E-state index >= 15 is 0 Å². The Balaban J connectivity index is 2.06. The standard InChI is InChI=1S/C14H9FOS2/c1-8-6-9(15)2-3-10(8)14(16)13-7-12-11(18-13)4-5-17-12/h2-7H,1H3. The van der Waals surface area contributed by atoms with Gasteiger partial charge in [0.1, 0.15) is 5.82 Å². The van der Waals surface area contributed by atoms with Crippen LogP contribution in [0.5, 0.6) is 0 Å². The number of hydrogen-bond acceptors (Lipinski definition) is 3. The summed E-state index contributed by atoms with van der Waals surface area (Å²) in [6.45, 7) is 1.76. The molecule has 3 aromatic rings. The van der Waals surface area contributed by atoms with Crippen molar-refractivity contribution in [1.29, 1.82) is 0 Å². The molecule has 0 atom stereocenters. The first kappa shape index (κ1) is 11.6. The van der Waals surface area contributed by atoms with Crippen LogP contribution < -0.4 is 0 Å². The summed E-state index contributed by atoms with van der Waals surface area (Å²) in [6.07, 6.45) is 0. The summed E-state index contributed by atoms with van der Waals surface area (Å²) in [4.78, 5) is 13.1. The van der Waals surface area contributed by atoms with Crippen molar-refractivity contribution < 1.29 is 9.18 Å². The van der Waals surface area contributed by atoms with Gasteiger partial charge in [-0.3, -0.25) is 4.79 Å². The Morgan fingerprint density at radius 3 is 2.72 bits per heavy atom. The number of thiophene rings is 2. The van der Waals surface area contributed by atoms with Crippen LogP contribution in [0.25, 0.3) is 9.40 Å². The average molecular weight is 276 g/mol. The van der Waals surface area contributed by atoms with Crippen LogP contribution in [-0.2, 0) is 0 Å². The third kappa shape index (κ3) is 1.87. The van der Waals surface area contributed by atoms with Crippen molar-refractivity contribution in [3.8, 4) is 0 Å². The summed E-state index contributed by atoms with van der Waals surface area (Å²) >= 11 is 3.11. The van der Waals surface area contributed by atoms with E-state index in [-0.39, 0.29) is 11.6 Å². The van der Waals surface area contributed by atoms with Gasteiger partial charge >= 0.3 is 0 Å². The molecular weight excluding hydrogens is 267 g/mol. The molecule has 2 aromatic heterocycles. The van der Waals surface area contributed by atoms with E-state index in [0.29, 0.717) is 16.0 Å². The maximum absolute atomic E-state index is 13.0. The Morgan fingerprint density at radius 2 is 2.00 bits per heavy atom. The van der Waals surface area contributed by atoms with E-state index in [2.05, 4.69) is 0 Å². The van der Waals surface area contributed by atoms with Gasteiger partial charge in [0, 0.05) is 15.0 Å². The third-order valence-corrected chi connectivity index (χ3v) is 4.89. The second-order valence-electron chi connectivity index (χ2n) is 4.05. The predicted octanol–water partition coefficient (Wildman–Crippen LogP) is 4.64. The van der Waals surface area contributed by atoms with E-state index in [0.717, 1.165) is 9.40 Å². The van der Waals surface area contributed by atoms with E-state index in [1.165, 1.54) is 23.5 Å².